The zero-order valence-electron chi connectivity index (χ0n) is 12.4. The summed E-state index contributed by atoms with van der Waals surface area (Å²) in [6, 6.07) is 2.07. The maximum absolute atomic E-state index is 4.53. The summed E-state index contributed by atoms with van der Waals surface area (Å²) < 4.78 is 5.16. The maximum Gasteiger partial charge on any atom is 0.0843 e. The van der Waals surface area contributed by atoms with Crippen LogP contribution in [-0.2, 0) is 19.6 Å². The molecule has 0 aliphatic carbocycles. The molecule has 1 N–H and O–H groups in total. The largest absolute Gasteiger partial charge is 0.311 e. The van der Waals surface area contributed by atoms with Gasteiger partial charge in [-0.2, -0.15) is 10.2 Å². The molecule has 2 heterocycles. The molecule has 5 nitrogen and oxygen atoms in total. The lowest BCUT2D eigenvalue weighted by Crippen LogP contribution is -2.18. The SMILES string of the molecule is CCCNCc1ccnn1Cc1c(Br)c(C)nn1CC. The molecule has 0 unspecified atom stereocenters. The topological polar surface area (TPSA) is 47.7 Å². The highest BCUT2D eigenvalue weighted by atomic mass is 79.9. The Labute approximate surface area is 128 Å². The molecule has 0 amide bonds. The Hall–Kier alpha value is -1.14. The number of rotatable bonds is 7. The van der Waals surface area contributed by atoms with Gasteiger partial charge in [-0.3, -0.25) is 9.36 Å². The first-order chi connectivity index (χ1) is 9.67. The van der Waals surface area contributed by atoms with Gasteiger partial charge in [0, 0.05) is 19.3 Å². The lowest BCUT2D eigenvalue weighted by molar-refractivity contribution is 0.547. The number of nitrogens with one attached hydrogen (secondary N) is 1. The van der Waals surface area contributed by atoms with Crippen molar-refractivity contribution in [3.8, 4) is 0 Å². The van der Waals surface area contributed by atoms with Gasteiger partial charge in [-0.05, 0) is 48.8 Å². The first-order valence-corrected chi connectivity index (χ1v) is 7.89. The van der Waals surface area contributed by atoms with E-state index in [1.807, 2.05) is 22.5 Å². The number of hydrogen-bond donors (Lipinski definition) is 1. The summed E-state index contributed by atoms with van der Waals surface area (Å²) in [5, 5.41) is 12.4. The Bertz CT molecular complexity index is 558. The van der Waals surface area contributed by atoms with Crippen molar-refractivity contribution < 1.29 is 0 Å². The maximum atomic E-state index is 4.53. The molecule has 0 saturated carbocycles. The summed E-state index contributed by atoms with van der Waals surface area (Å²) in [4.78, 5) is 0. The predicted molar refractivity (Wildman–Crippen MR) is 83.7 cm³/mol. The molecule has 0 aromatic carbocycles. The molecule has 0 fully saturated rings. The van der Waals surface area contributed by atoms with Gasteiger partial charge in [0.1, 0.15) is 0 Å². The van der Waals surface area contributed by atoms with Crippen molar-refractivity contribution in [3.63, 3.8) is 0 Å². The zero-order valence-corrected chi connectivity index (χ0v) is 13.9. The minimum atomic E-state index is 0.741. The third-order valence-electron chi connectivity index (χ3n) is 3.29. The Balaban J connectivity index is 2.16. The Morgan fingerprint density at radius 1 is 1.30 bits per heavy atom. The second kappa shape index (κ2) is 7.04. The summed E-state index contributed by atoms with van der Waals surface area (Å²) in [6.45, 7) is 9.79. The molecule has 0 spiro atoms. The molecule has 0 bridgehead atoms. The van der Waals surface area contributed by atoms with Crippen LogP contribution in [0.4, 0.5) is 0 Å². The molecule has 2 aromatic heterocycles. The third-order valence-corrected chi connectivity index (χ3v) is 4.32. The summed E-state index contributed by atoms with van der Waals surface area (Å²) in [7, 11) is 0. The molecule has 6 heteroatoms. The summed E-state index contributed by atoms with van der Waals surface area (Å²) in [6.07, 6.45) is 3.00. The molecule has 2 aromatic rings. The third kappa shape index (κ3) is 3.30. The number of nitrogens with zero attached hydrogens (tertiary/aromatic N) is 4. The van der Waals surface area contributed by atoms with Gasteiger partial charge < -0.3 is 5.32 Å². The predicted octanol–water partition coefficient (Wildman–Crippen LogP) is 2.72. The first kappa shape index (κ1) is 15.3. The number of aryl methyl sites for hydroxylation is 2. The van der Waals surface area contributed by atoms with Crippen LogP contribution < -0.4 is 5.32 Å². The zero-order chi connectivity index (χ0) is 14.5. The highest BCUT2D eigenvalue weighted by Crippen LogP contribution is 2.22. The molecule has 0 aliphatic heterocycles. The molecule has 110 valence electrons. The van der Waals surface area contributed by atoms with Crippen LogP contribution in [-0.4, -0.2) is 26.1 Å². The van der Waals surface area contributed by atoms with Crippen LogP contribution in [0.5, 0.6) is 0 Å². The van der Waals surface area contributed by atoms with Crippen molar-refractivity contribution in [1.82, 2.24) is 24.9 Å². The minimum Gasteiger partial charge on any atom is -0.311 e. The van der Waals surface area contributed by atoms with Crippen LogP contribution in [0, 0.1) is 6.92 Å². The van der Waals surface area contributed by atoms with E-state index >= 15 is 0 Å². The van der Waals surface area contributed by atoms with Crippen LogP contribution in [0.3, 0.4) is 0 Å². The van der Waals surface area contributed by atoms with Crippen molar-refractivity contribution >= 4 is 15.9 Å². The van der Waals surface area contributed by atoms with Crippen LogP contribution in [0.2, 0.25) is 0 Å². The van der Waals surface area contributed by atoms with E-state index in [-0.39, 0.29) is 0 Å². The van der Waals surface area contributed by atoms with Crippen molar-refractivity contribution in [2.75, 3.05) is 6.54 Å². The van der Waals surface area contributed by atoms with Crippen molar-refractivity contribution in [3.05, 3.63) is 33.8 Å². The Morgan fingerprint density at radius 3 is 2.80 bits per heavy atom. The molecule has 0 atom stereocenters. The van der Waals surface area contributed by atoms with Gasteiger partial charge in [-0.15, -0.1) is 0 Å². The van der Waals surface area contributed by atoms with E-state index < -0.39 is 0 Å². The number of halogens is 1. The monoisotopic (exact) mass is 339 g/mol. The fourth-order valence-electron chi connectivity index (χ4n) is 2.21. The molecule has 20 heavy (non-hydrogen) atoms. The minimum absolute atomic E-state index is 0.741. The molecule has 2 rings (SSSR count). The van der Waals surface area contributed by atoms with Gasteiger partial charge in [0.2, 0.25) is 0 Å². The van der Waals surface area contributed by atoms with Crippen LogP contribution in [0.15, 0.2) is 16.7 Å². The van der Waals surface area contributed by atoms with E-state index in [9.17, 15) is 0 Å². The van der Waals surface area contributed by atoms with E-state index in [1.165, 1.54) is 11.4 Å². The molecule has 0 aliphatic rings. The molecule has 0 radical (unpaired) electrons. The van der Waals surface area contributed by atoms with Crippen molar-refractivity contribution in [2.45, 2.75) is 46.8 Å². The second-order valence-electron chi connectivity index (χ2n) is 4.82. The summed E-state index contributed by atoms with van der Waals surface area (Å²) >= 11 is 3.64. The van der Waals surface area contributed by atoms with Gasteiger partial charge in [0.05, 0.1) is 28.1 Å². The smallest absolute Gasteiger partial charge is 0.0843 e. The second-order valence-corrected chi connectivity index (χ2v) is 5.61. The van der Waals surface area contributed by atoms with Gasteiger partial charge >= 0.3 is 0 Å². The Morgan fingerprint density at radius 2 is 2.10 bits per heavy atom. The quantitative estimate of drug-likeness (QED) is 0.789. The van der Waals surface area contributed by atoms with E-state index in [4.69, 9.17) is 0 Å². The lowest BCUT2D eigenvalue weighted by Gasteiger charge is -2.10. The normalized spacial score (nSPS) is 11.2. The fourth-order valence-corrected chi connectivity index (χ4v) is 2.62. The molecule has 0 saturated heterocycles. The van der Waals surface area contributed by atoms with Crippen molar-refractivity contribution in [1.29, 1.82) is 0 Å². The van der Waals surface area contributed by atoms with E-state index in [2.05, 4.69) is 51.4 Å². The number of aromatic nitrogens is 4. The van der Waals surface area contributed by atoms with Crippen LogP contribution >= 0.6 is 15.9 Å². The number of hydrogen-bond acceptors (Lipinski definition) is 3. The van der Waals surface area contributed by atoms with E-state index in [1.54, 1.807) is 0 Å². The van der Waals surface area contributed by atoms with Gasteiger partial charge in [-0.1, -0.05) is 6.92 Å². The summed E-state index contributed by atoms with van der Waals surface area (Å²) in [5.41, 5.74) is 3.40. The highest BCUT2D eigenvalue weighted by molar-refractivity contribution is 9.10. The average Bonchev–Trinajstić information content (AvgIpc) is 2.99. The van der Waals surface area contributed by atoms with Crippen LogP contribution in [0.25, 0.3) is 0 Å². The van der Waals surface area contributed by atoms with Gasteiger partial charge in [0.25, 0.3) is 0 Å². The highest BCUT2D eigenvalue weighted by Gasteiger charge is 2.14. The Kier molecular flexibility index (Phi) is 5.37. The van der Waals surface area contributed by atoms with E-state index in [0.29, 0.717) is 0 Å². The summed E-state index contributed by atoms with van der Waals surface area (Å²) in [5.74, 6) is 0. The van der Waals surface area contributed by atoms with E-state index in [0.717, 1.165) is 42.8 Å². The molecular formula is C14H22BrN5. The molecular weight excluding hydrogens is 318 g/mol. The van der Waals surface area contributed by atoms with Crippen LogP contribution in [0.1, 0.15) is 37.4 Å². The van der Waals surface area contributed by atoms with Gasteiger partial charge in [0.15, 0.2) is 0 Å². The van der Waals surface area contributed by atoms with Crippen molar-refractivity contribution in [2.24, 2.45) is 0 Å². The fraction of sp³-hybridized carbons (Fsp3) is 0.571. The first-order valence-electron chi connectivity index (χ1n) is 7.10. The average molecular weight is 340 g/mol. The van der Waals surface area contributed by atoms with Gasteiger partial charge in [-0.25, -0.2) is 0 Å². The standard InChI is InChI=1S/C14H22BrN5/c1-4-7-16-9-12-6-8-17-20(12)10-13-14(15)11(3)18-19(13)5-2/h6,8,16H,4-5,7,9-10H2,1-3H3. The lowest BCUT2D eigenvalue weighted by atomic mass is 10.3.